The van der Waals surface area contributed by atoms with Crippen molar-refractivity contribution in [2.75, 3.05) is 5.73 Å². The van der Waals surface area contributed by atoms with Gasteiger partial charge in [-0.2, -0.15) is 0 Å². The SMILES string of the molecule is CC1(C)OB(c2cccc(Oc3ccc(N)cc3)c2)OC1(C)C. The van der Waals surface area contributed by atoms with Crippen molar-refractivity contribution < 1.29 is 14.0 Å². The van der Waals surface area contributed by atoms with Crippen molar-refractivity contribution in [3.63, 3.8) is 0 Å². The second-order valence-electron chi connectivity index (χ2n) is 6.83. The van der Waals surface area contributed by atoms with E-state index in [9.17, 15) is 0 Å². The number of nitrogen functional groups attached to an aromatic ring is 1. The lowest BCUT2D eigenvalue weighted by molar-refractivity contribution is 0.00578. The summed E-state index contributed by atoms with van der Waals surface area (Å²) in [6.07, 6.45) is 0. The lowest BCUT2D eigenvalue weighted by atomic mass is 9.79. The summed E-state index contributed by atoms with van der Waals surface area (Å²) in [4.78, 5) is 0. The predicted octanol–water partition coefficient (Wildman–Crippen LogP) is 3.36. The highest BCUT2D eigenvalue weighted by molar-refractivity contribution is 6.62. The average molecular weight is 311 g/mol. The maximum Gasteiger partial charge on any atom is 0.494 e. The molecular formula is C18H22BNO3. The number of nitrogens with two attached hydrogens (primary N) is 1. The van der Waals surface area contributed by atoms with E-state index in [0.717, 1.165) is 17.0 Å². The first-order valence-corrected chi connectivity index (χ1v) is 7.76. The van der Waals surface area contributed by atoms with Crippen LogP contribution >= 0.6 is 0 Å². The molecule has 0 aromatic heterocycles. The molecule has 0 radical (unpaired) electrons. The monoisotopic (exact) mass is 311 g/mol. The van der Waals surface area contributed by atoms with Crippen molar-refractivity contribution in [3.05, 3.63) is 48.5 Å². The molecule has 2 aromatic rings. The molecule has 1 heterocycles. The zero-order chi connectivity index (χ0) is 16.7. The van der Waals surface area contributed by atoms with Crippen molar-refractivity contribution in [1.82, 2.24) is 0 Å². The Morgan fingerprint density at radius 1 is 0.870 bits per heavy atom. The molecule has 0 atom stereocenters. The Kier molecular flexibility index (Phi) is 3.86. The largest absolute Gasteiger partial charge is 0.494 e. The highest BCUT2D eigenvalue weighted by atomic mass is 16.7. The molecule has 0 saturated carbocycles. The lowest BCUT2D eigenvalue weighted by Crippen LogP contribution is -2.41. The summed E-state index contributed by atoms with van der Waals surface area (Å²) in [5, 5.41) is 0. The number of anilines is 1. The lowest BCUT2D eigenvalue weighted by Gasteiger charge is -2.32. The highest BCUT2D eigenvalue weighted by Crippen LogP contribution is 2.36. The first-order valence-electron chi connectivity index (χ1n) is 7.76. The van der Waals surface area contributed by atoms with Crippen molar-refractivity contribution in [2.45, 2.75) is 38.9 Å². The van der Waals surface area contributed by atoms with Crippen LogP contribution in [0.5, 0.6) is 11.5 Å². The zero-order valence-electron chi connectivity index (χ0n) is 14.0. The average Bonchev–Trinajstić information content (AvgIpc) is 2.70. The summed E-state index contributed by atoms with van der Waals surface area (Å²) < 4.78 is 18.0. The van der Waals surface area contributed by atoms with Gasteiger partial charge in [0, 0.05) is 5.69 Å². The topological polar surface area (TPSA) is 53.7 Å². The molecule has 1 aliphatic heterocycles. The number of hydrogen-bond acceptors (Lipinski definition) is 4. The van der Waals surface area contributed by atoms with Crippen LogP contribution in [0.15, 0.2) is 48.5 Å². The van der Waals surface area contributed by atoms with Crippen LogP contribution in [0.4, 0.5) is 5.69 Å². The minimum Gasteiger partial charge on any atom is -0.457 e. The fraction of sp³-hybridized carbons (Fsp3) is 0.333. The van der Waals surface area contributed by atoms with Gasteiger partial charge in [0.2, 0.25) is 0 Å². The van der Waals surface area contributed by atoms with Crippen LogP contribution in [-0.2, 0) is 9.31 Å². The molecule has 0 unspecified atom stereocenters. The van der Waals surface area contributed by atoms with Gasteiger partial charge in [-0.25, -0.2) is 0 Å². The fourth-order valence-corrected chi connectivity index (χ4v) is 2.38. The molecule has 1 fully saturated rings. The van der Waals surface area contributed by atoms with Gasteiger partial charge in [-0.3, -0.25) is 0 Å². The molecular weight excluding hydrogens is 289 g/mol. The van der Waals surface area contributed by atoms with Crippen LogP contribution in [0, 0.1) is 0 Å². The molecule has 5 heteroatoms. The van der Waals surface area contributed by atoms with E-state index >= 15 is 0 Å². The Morgan fingerprint density at radius 3 is 2.09 bits per heavy atom. The van der Waals surface area contributed by atoms with E-state index in [0.29, 0.717) is 5.69 Å². The first-order chi connectivity index (χ1) is 10.8. The first kappa shape index (κ1) is 15.9. The Hall–Kier alpha value is -1.98. The summed E-state index contributed by atoms with van der Waals surface area (Å²) in [7, 11) is -0.394. The Balaban J connectivity index is 1.79. The Bertz CT molecular complexity index is 682. The minimum absolute atomic E-state index is 0.356. The van der Waals surface area contributed by atoms with E-state index in [1.807, 2.05) is 76.2 Å². The molecule has 0 amide bonds. The smallest absolute Gasteiger partial charge is 0.457 e. The van der Waals surface area contributed by atoms with Gasteiger partial charge in [0.25, 0.3) is 0 Å². The maximum atomic E-state index is 6.08. The molecule has 120 valence electrons. The van der Waals surface area contributed by atoms with Gasteiger partial charge in [0.1, 0.15) is 11.5 Å². The van der Waals surface area contributed by atoms with Gasteiger partial charge in [-0.05, 0) is 69.6 Å². The molecule has 4 nitrogen and oxygen atoms in total. The van der Waals surface area contributed by atoms with Crippen LogP contribution in [0.3, 0.4) is 0 Å². The van der Waals surface area contributed by atoms with E-state index in [1.165, 1.54) is 0 Å². The molecule has 0 aliphatic carbocycles. The molecule has 0 bridgehead atoms. The summed E-state index contributed by atoms with van der Waals surface area (Å²) >= 11 is 0. The van der Waals surface area contributed by atoms with Crippen LogP contribution in [0.25, 0.3) is 0 Å². The predicted molar refractivity (Wildman–Crippen MR) is 93.1 cm³/mol. The van der Waals surface area contributed by atoms with Crippen LogP contribution in [0.1, 0.15) is 27.7 Å². The van der Waals surface area contributed by atoms with Gasteiger partial charge in [0.15, 0.2) is 0 Å². The summed E-state index contributed by atoms with van der Waals surface area (Å²) in [5.41, 5.74) is 6.63. The van der Waals surface area contributed by atoms with Gasteiger partial charge in [-0.15, -0.1) is 0 Å². The van der Waals surface area contributed by atoms with Crippen molar-refractivity contribution in [1.29, 1.82) is 0 Å². The number of ether oxygens (including phenoxy) is 1. The maximum absolute atomic E-state index is 6.08. The van der Waals surface area contributed by atoms with E-state index in [2.05, 4.69) is 0 Å². The Morgan fingerprint density at radius 2 is 1.48 bits per heavy atom. The van der Waals surface area contributed by atoms with Crippen molar-refractivity contribution >= 4 is 18.3 Å². The van der Waals surface area contributed by atoms with E-state index in [1.54, 1.807) is 0 Å². The molecule has 3 rings (SSSR count). The van der Waals surface area contributed by atoms with Crippen LogP contribution in [0.2, 0.25) is 0 Å². The summed E-state index contributed by atoms with van der Waals surface area (Å²) in [6, 6.07) is 15.1. The highest BCUT2D eigenvalue weighted by Gasteiger charge is 2.51. The second kappa shape index (κ2) is 5.58. The minimum atomic E-state index is -0.394. The van der Waals surface area contributed by atoms with E-state index in [4.69, 9.17) is 19.8 Å². The third-order valence-corrected chi connectivity index (χ3v) is 4.50. The van der Waals surface area contributed by atoms with Gasteiger partial charge in [-0.1, -0.05) is 12.1 Å². The third kappa shape index (κ3) is 3.21. The molecule has 23 heavy (non-hydrogen) atoms. The molecule has 1 aliphatic rings. The molecule has 2 aromatic carbocycles. The molecule has 2 N–H and O–H groups in total. The zero-order valence-corrected chi connectivity index (χ0v) is 14.0. The van der Waals surface area contributed by atoms with Gasteiger partial charge in [0.05, 0.1) is 11.2 Å². The fourth-order valence-electron chi connectivity index (χ4n) is 2.38. The van der Waals surface area contributed by atoms with Crippen molar-refractivity contribution in [3.8, 4) is 11.5 Å². The normalized spacial score (nSPS) is 18.9. The number of rotatable bonds is 3. The van der Waals surface area contributed by atoms with Crippen LogP contribution < -0.4 is 15.9 Å². The molecule has 0 spiro atoms. The third-order valence-electron chi connectivity index (χ3n) is 4.50. The Labute approximate surface area is 137 Å². The second-order valence-corrected chi connectivity index (χ2v) is 6.83. The quantitative estimate of drug-likeness (QED) is 0.697. The van der Waals surface area contributed by atoms with E-state index in [-0.39, 0.29) is 11.2 Å². The van der Waals surface area contributed by atoms with E-state index < -0.39 is 7.12 Å². The number of benzene rings is 2. The summed E-state index contributed by atoms with van der Waals surface area (Å²) in [5.74, 6) is 1.48. The standard InChI is InChI=1S/C18H22BNO3/c1-17(2)18(3,4)23-19(22-17)13-6-5-7-16(12-13)21-15-10-8-14(20)9-11-15/h5-12H,20H2,1-4H3. The molecule has 1 saturated heterocycles. The summed E-state index contributed by atoms with van der Waals surface area (Å²) in [6.45, 7) is 8.17. The number of hydrogen-bond donors (Lipinski definition) is 1. The van der Waals surface area contributed by atoms with Gasteiger partial charge >= 0.3 is 7.12 Å². The van der Waals surface area contributed by atoms with Gasteiger partial charge < -0.3 is 19.8 Å². The van der Waals surface area contributed by atoms with Crippen LogP contribution in [-0.4, -0.2) is 18.3 Å². The van der Waals surface area contributed by atoms with Crippen molar-refractivity contribution in [2.24, 2.45) is 0 Å².